The number of benzene rings is 22. The summed E-state index contributed by atoms with van der Waals surface area (Å²) < 4.78 is 4.82. The lowest BCUT2D eigenvalue weighted by atomic mass is 9.77. The standard InChI is InChI=1S/C64H38N2S2.C58H38N2S2/c1-3-17-41(18-4-1)55-49-23-11-12-24-50(49)56(42-19-5-2-6-20-42)60-58(44-29-33-46(34-30-44)64-66-62-48-22-10-8-16-40(48)36-38-54(62)68-64)52-26-14-13-25-51(52)57(59(55)60)43-27-31-45(32-28-43)63-65-61-47-21-9-7-15-39(47)35-37-53(61)67-63;1-35-22-32-49-48(33-35)60-58(61-49)42-29-25-40(26-30-42)54-46-20-12-11-19-45(46)53(39-23-27-41(28-24-39)57-59-47-31-21-36(2)34-50(47)62-57)55-51(37-13-5-3-6-14-37)43-17-9-10-18-44(43)52(56(54)55)38-15-7-4-8-16-38/h1-38H;3-34H,1-2H3. The first-order chi connectivity index (χ1) is 64.3. The van der Waals surface area contributed by atoms with Crippen LogP contribution in [0.5, 0.6) is 0 Å². The maximum atomic E-state index is 5.26. The Morgan fingerprint density at radius 3 is 0.715 bits per heavy atom. The van der Waals surface area contributed by atoms with Crippen LogP contribution >= 0.6 is 45.3 Å². The third-order valence-electron chi connectivity index (χ3n) is 25.9. The van der Waals surface area contributed by atoms with Crippen molar-refractivity contribution < 1.29 is 0 Å². The smallest absolute Gasteiger partial charge is 0.124 e. The zero-order chi connectivity index (χ0) is 86.0. The molecule has 0 amide bonds. The number of rotatable bonds is 12. The van der Waals surface area contributed by atoms with Crippen LogP contribution in [-0.4, -0.2) is 19.9 Å². The Hall–Kier alpha value is -15.5. The molecule has 8 heteroatoms. The fourth-order valence-corrected chi connectivity index (χ4v) is 24.1. The van der Waals surface area contributed by atoms with E-state index in [4.69, 9.17) is 19.9 Å². The fourth-order valence-electron chi connectivity index (χ4n) is 20.1. The maximum Gasteiger partial charge on any atom is 0.124 e. The number of aryl methyl sites for hydroxylation is 2. The van der Waals surface area contributed by atoms with Gasteiger partial charge < -0.3 is 0 Å². The molecule has 0 aliphatic rings. The van der Waals surface area contributed by atoms with Gasteiger partial charge in [0.15, 0.2) is 0 Å². The van der Waals surface area contributed by atoms with Gasteiger partial charge in [0.2, 0.25) is 0 Å². The van der Waals surface area contributed by atoms with Crippen molar-refractivity contribution in [3.05, 3.63) is 436 Å². The van der Waals surface area contributed by atoms with Gasteiger partial charge in [-0.3, -0.25) is 0 Å². The summed E-state index contributed by atoms with van der Waals surface area (Å²) in [4.78, 5) is 20.6. The third-order valence-corrected chi connectivity index (χ3v) is 30.2. The number of aromatic nitrogens is 4. The molecule has 26 aromatic rings. The van der Waals surface area contributed by atoms with Crippen molar-refractivity contribution in [2.45, 2.75) is 13.8 Å². The van der Waals surface area contributed by atoms with Gasteiger partial charge in [0.25, 0.3) is 0 Å². The average Bonchev–Trinajstić information content (AvgIpc) is 0.706. The van der Waals surface area contributed by atoms with E-state index in [1.54, 1.807) is 45.3 Å². The van der Waals surface area contributed by atoms with Crippen LogP contribution < -0.4 is 0 Å². The number of hydrogen-bond acceptors (Lipinski definition) is 8. The summed E-state index contributed by atoms with van der Waals surface area (Å²) in [5, 5.41) is 23.7. The van der Waals surface area contributed by atoms with Crippen molar-refractivity contribution >= 4 is 172 Å². The normalized spacial score (nSPS) is 11.8. The summed E-state index contributed by atoms with van der Waals surface area (Å²) >= 11 is 7.03. The molecule has 22 aromatic carbocycles. The summed E-state index contributed by atoms with van der Waals surface area (Å²) in [7, 11) is 0. The SMILES string of the molecule is Cc1ccc2sc(-c3ccc(-c4c5ccccc5c(-c5ccc(-c6nc7ccc(C)cc7s6)cc5)c5c(-c6ccccc6)c6ccccc6c(-c6ccccc6)c45)cc3)nc2c1.c1ccc(-c2c3ccccc3c(-c3ccccc3)c3c(-c4ccc(-c5nc6c(ccc7ccccc76)s5)cc4)c4ccccc4c(-c4ccc(-c5nc6c(ccc7ccccc76)s5)cc4)c23)cc1. The molecule has 0 bridgehead atoms. The van der Waals surface area contributed by atoms with Gasteiger partial charge >= 0.3 is 0 Å². The summed E-state index contributed by atoms with van der Waals surface area (Å²) in [5.74, 6) is 0. The second kappa shape index (κ2) is 31.8. The second-order valence-electron chi connectivity index (χ2n) is 33.7. The molecular weight excluding hydrogens is 1650 g/mol. The Labute approximate surface area is 767 Å². The van der Waals surface area contributed by atoms with Crippen molar-refractivity contribution in [3.63, 3.8) is 0 Å². The molecule has 4 aromatic heterocycles. The third kappa shape index (κ3) is 13.1. The van der Waals surface area contributed by atoms with Crippen molar-refractivity contribution in [2.75, 3.05) is 0 Å². The predicted octanol–water partition coefficient (Wildman–Crippen LogP) is 35.7. The van der Waals surface area contributed by atoms with Crippen LogP contribution in [0.15, 0.2) is 425 Å². The Bertz CT molecular complexity index is 8490. The van der Waals surface area contributed by atoms with Gasteiger partial charge in [0, 0.05) is 33.0 Å². The van der Waals surface area contributed by atoms with E-state index in [1.165, 1.54) is 205 Å². The highest BCUT2D eigenvalue weighted by molar-refractivity contribution is 7.23. The highest BCUT2D eigenvalue weighted by atomic mass is 32.1. The maximum absolute atomic E-state index is 5.26. The van der Waals surface area contributed by atoms with Crippen molar-refractivity contribution in [1.29, 1.82) is 0 Å². The van der Waals surface area contributed by atoms with Crippen LogP contribution in [0.25, 0.3) is 258 Å². The van der Waals surface area contributed by atoms with E-state index in [2.05, 4.69) is 438 Å². The molecule has 26 rings (SSSR count). The van der Waals surface area contributed by atoms with Gasteiger partial charge in [-0.2, -0.15) is 0 Å². The monoisotopic (exact) mass is 1720 g/mol. The molecule has 0 spiro atoms. The molecule has 608 valence electrons. The van der Waals surface area contributed by atoms with Gasteiger partial charge in [0.05, 0.1) is 40.9 Å². The molecule has 0 aliphatic carbocycles. The topological polar surface area (TPSA) is 51.6 Å². The number of hydrogen-bond donors (Lipinski definition) is 0. The Kier molecular flexibility index (Phi) is 18.8. The minimum Gasteiger partial charge on any atom is -0.236 e. The molecular formula is C122H76N4S4. The quantitative estimate of drug-likeness (QED) is 0.114. The second-order valence-corrected chi connectivity index (χ2v) is 37.9. The van der Waals surface area contributed by atoms with E-state index in [1.807, 2.05) is 0 Å². The predicted molar refractivity (Wildman–Crippen MR) is 560 cm³/mol. The van der Waals surface area contributed by atoms with Gasteiger partial charge in [-0.25, -0.2) is 19.9 Å². The van der Waals surface area contributed by atoms with Crippen LogP contribution in [0.1, 0.15) is 11.1 Å². The highest BCUT2D eigenvalue weighted by Gasteiger charge is 2.30. The van der Waals surface area contributed by atoms with Crippen LogP contribution in [0, 0.1) is 13.8 Å². The molecule has 0 fully saturated rings. The van der Waals surface area contributed by atoms with Crippen LogP contribution in [-0.2, 0) is 0 Å². The molecule has 0 unspecified atom stereocenters. The van der Waals surface area contributed by atoms with Gasteiger partial charge in [-0.15, -0.1) is 45.3 Å². The summed E-state index contributed by atoms with van der Waals surface area (Å²) in [5.41, 5.74) is 30.5. The van der Waals surface area contributed by atoms with E-state index in [0.717, 1.165) is 64.4 Å². The van der Waals surface area contributed by atoms with Crippen molar-refractivity contribution in [3.8, 4) is 131 Å². The molecule has 0 saturated carbocycles. The van der Waals surface area contributed by atoms with E-state index < -0.39 is 0 Å². The summed E-state index contributed by atoms with van der Waals surface area (Å²) in [6.07, 6.45) is 0. The van der Waals surface area contributed by atoms with Crippen LogP contribution in [0.3, 0.4) is 0 Å². The Morgan fingerprint density at radius 2 is 0.392 bits per heavy atom. The molecule has 0 N–H and O–H groups in total. The lowest BCUT2D eigenvalue weighted by Crippen LogP contribution is -1.97. The minimum atomic E-state index is 1.03. The first-order valence-corrected chi connectivity index (χ1v) is 47.4. The molecule has 0 aliphatic heterocycles. The van der Waals surface area contributed by atoms with E-state index in [-0.39, 0.29) is 0 Å². The molecule has 0 atom stereocenters. The first kappa shape index (κ1) is 76.9. The molecule has 0 radical (unpaired) electrons. The van der Waals surface area contributed by atoms with Crippen LogP contribution in [0.4, 0.5) is 0 Å². The van der Waals surface area contributed by atoms with Crippen LogP contribution in [0.2, 0.25) is 0 Å². The van der Waals surface area contributed by atoms with Crippen molar-refractivity contribution in [1.82, 2.24) is 19.9 Å². The number of thiazole rings is 4. The van der Waals surface area contributed by atoms with Gasteiger partial charge in [-0.1, -0.05) is 388 Å². The van der Waals surface area contributed by atoms with Gasteiger partial charge in [-0.05, 0) is 226 Å². The summed E-state index contributed by atoms with van der Waals surface area (Å²) in [6, 6.07) is 156. The molecule has 4 heterocycles. The fraction of sp³-hybridized carbons (Fsp3) is 0.0164. The Morgan fingerprint density at radius 1 is 0.162 bits per heavy atom. The number of nitrogens with zero attached hydrogens (tertiary/aromatic N) is 4. The lowest BCUT2D eigenvalue weighted by molar-refractivity contribution is 1.44. The minimum absolute atomic E-state index is 1.03. The molecule has 4 nitrogen and oxygen atoms in total. The van der Waals surface area contributed by atoms with E-state index in [0.29, 0.717) is 0 Å². The summed E-state index contributed by atoms with van der Waals surface area (Å²) in [6.45, 7) is 4.27. The molecule has 130 heavy (non-hydrogen) atoms. The average molecular weight is 1730 g/mol. The first-order valence-electron chi connectivity index (χ1n) is 44.1. The zero-order valence-electron chi connectivity index (χ0n) is 70.8. The zero-order valence-corrected chi connectivity index (χ0v) is 74.1. The number of fused-ring (bicyclic) bond motifs is 14. The van der Waals surface area contributed by atoms with E-state index >= 15 is 0 Å². The highest BCUT2D eigenvalue weighted by Crippen LogP contribution is 2.57. The molecule has 0 saturated heterocycles. The van der Waals surface area contributed by atoms with Gasteiger partial charge in [0.1, 0.15) is 20.0 Å². The van der Waals surface area contributed by atoms with Crippen molar-refractivity contribution in [2.24, 2.45) is 0 Å². The van der Waals surface area contributed by atoms with E-state index in [9.17, 15) is 0 Å². The lowest BCUT2D eigenvalue weighted by Gasteiger charge is -2.25. The largest absolute Gasteiger partial charge is 0.236 e. The Balaban J connectivity index is 0.000000141.